The standard InChI is InChI=1S/C30H33N3O5S/c1-3-4-8-17-33(39(35)36)19-26-24(20-11-12-20)18-25-27(29(34)31-2)28(38-30(25)32-26)21-13-15-23(16-14-21)37-22-9-6-5-7-10-22/h5-7,9-10,13-16,18,20,39H,3-4,8,11-12,17,19H2,1-2H3,(H,31,34). The van der Waals surface area contributed by atoms with E-state index >= 15 is 0 Å². The molecular formula is C30H33N3O5S. The molecular weight excluding hydrogens is 514 g/mol. The molecule has 1 aliphatic rings. The first-order valence-corrected chi connectivity index (χ1v) is 14.5. The number of aromatic nitrogens is 1. The number of nitrogens with zero attached hydrogens (tertiary/aromatic N) is 2. The predicted octanol–water partition coefficient (Wildman–Crippen LogP) is 6.04. The van der Waals surface area contributed by atoms with Crippen LogP contribution in [-0.2, 0) is 17.4 Å². The van der Waals surface area contributed by atoms with E-state index in [1.807, 2.05) is 60.7 Å². The van der Waals surface area contributed by atoms with Crippen LogP contribution >= 0.6 is 0 Å². The number of benzene rings is 2. The molecule has 1 fully saturated rings. The summed E-state index contributed by atoms with van der Waals surface area (Å²) in [4.78, 5) is 17.9. The van der Waals surface area contributed by atoms with E-state index < -0.39 is 10.9 Å². The average Bonchev–Trinajstić information content (AvgIpc) is 3.73. The summed E-state index contributed by atoms with van der Waals surface area (Å²) >= 11 is 0. The number of carbonyl (C=O) groups is 1. The van der Waals surface area contributed by atoms with E-state index in [1.165, 1.54) is 4.31 Å². The molecule has 1 N–H and O–H groups in total. The van der Waals surface area contributed by atoms with Crippen LogP contribution in [0, 0.1) is 0 Å². The number of hydrogen-bond acceptors (Lipinski definition) is 6. The third-order valence-corrected chi connectivity index (χ3v) is 7.75. The number of fused-ring (bicyclic) bond motifs is 1. The fourth-order valence-corrected chi connectivity index (χ4v) is 5.29. The average molecular weight is 548 g/mol. The number of pyridine rings is 1. The summed E-state index contributed by atoms with van der Waals surface area (Å²) < 4.78 is 37.6. The van der Waals surface area contributed by atoms with Gasteiger partial charge in [-0.15, -0.1) is 0 Å². The molecule has 39 heavy (non-hydrogen) atoms. The third-order valence-electron chi connectivity index (χ3n) is 6.94. The molecule has 2 aromatic heterocycles. The molecule has 1 amide bonds. The lowest BCUT2D eigenvalue weighted by Gasteiger charge is -2.17. The van der Waals surface area contributed by atoms with Gasteiger partial charge in [0.05, 0.1) is 23.2 Å². The second-order valence-corrected chi connectivity index (χ2v) is 10.9. The van der Waals surface area contributed by atoms with Crippen LogP contribution < -0.4 is 10.1 Å². The Balaban J connectivity index is 1.53. The van der Waals surface area contributed by atoms with Gasteiger partial charge in [-0.3, -0.25) is 4.79 Å². The van der Waals surface area contributed by atoms with Crippen LogP contribution in [0.15, 0.2) is 65.1 Å². The van der Waals surface area contributed by atoms with Gasteiger partial charge >= 0.3 is 0 Å². The Kier molecular flexibility index (Phi) is 8.28. The molecule has 0 atom stereocenters. The Morgan fingerprint density at radius 3 is 2.44 bits per heavy atom. The first-order chi connectivity index (χ1) is 19.0. The molecule has 8 nitrogen and oxygen atoms in total. The van der Waals surface area contributed by atoms with Gasteiger partial charge in [0.25, 0.3) is 5.91 Å². The van der Waals surface area contributed by atoms with Crippen LogP contribution in [0.4, 0.5) is 0 Å². The Morgan fingerprint density at radius 2 is 1.79 bits per heavy atom. The van der Waals surface area contributed by atoms with E-state index in [0.29, 0.717) is 51.9 Å². The number of furan rings is 1. The van der Waals surface area contributed by atoms with Crippen molar-refractivity contribution in [2.75, 3.05) is 13.6 Å². The van der Waals surface area contributed by atoms with Gasteiger partial charge in [-0.25, -0.2) is 13.4 Å². The lowest BCUT2D eigenvalue weighted by Crippen LogP contribution is -2.24. The smallest absolute Gasteiger partial charge is 0.255 e. The van der Waals surface area contributed by atoms with Crippen molar-refractivity contribution < 1.29 is 22.4 Å². The monoisotopic (exact) mass is 547 g/mol. The molecule has 0 unspecified atom stereocenters. The molecule has 0 bridgehead atoms. The number of unbranched alkanes of at least 4 members (excludes halogenated alkanes) is 2. The van der Waals surface area contributed by atoms with Gasteiger partial charge in [-0.05, 0) is 73.2 Å². The van der Waals surface area contributed by atoms with Crippen molar-refractivity contribution in [3.63, 3.8) is 0 Å². The summed E-state index contributed by atoms with van der Waals surface area (Å²) in [6.45, 7) is 2.74. The Hall–Kier alpha value is -3.69. The van der Waals surface area contributed by atoms with Crippen molar-refractivity contribution in [2.24, 2.45) is 0 Å². The highest BCUT2D eigenvalue weighted by atomic mass is 32.2. The number of amides is 1. The van der Waals surface area contributed by atoms with E-state index in [1.54, 1.807) is 7.05 Å². The van der Waals surface area contributed by atoms with E-state index in [0.717, 1.165) is 43.4 Å². The number of para-hydroxylation sites is 1. The largest absolute Gasteiger partial charge is 0.457 e. The zero-order valence-corrected chi connectivity index (χ0v) is 23.1. The SMILES string of the molecule is CCCCCN(Cc1nc2oc(-c3ccc(Oc4ccccc4)cc3)c(C(=O)NC)c2cc1C1CC1)[SH](=O)=O. The first-order valence-electron chi connectivity index (χ1n) is 13.4. The normalized spacial score (nSPS) is 13.3. The highest BCUT2D eigenvalue weighted by Gasteiger charge is 2.31. The van der Waals surface area contributed by atoms with Crippen LogP contribution in [0.1, 0.15) is 66.6 Å². The maximum Gasteiger partial charge on any atom is 0.255 e. The number of ether oxygens (including phenoxy) is 1. The van der Waals surface area contributed by atoms with Crippen molar-refractivity contribution in [1.29, 1.82) is 0 Å². The van der Waals surface area contributed by atoms with E-state index in [9.17, 15) is 13.2 Å². The number of rotatable bonds is 12. The van der Waals surface area contributed by atoms with Crippen molar-refractivity contribution in [2.45, 2.75) is 51.5 Å². The van der Waals surface area contributed by atoms with Gasteiger partial charge in [0.1, 0.15) is 17.3 Å². The van der Waals surface area contributed by atoms with E-state index in [4.69, 9.17) is 14.1 Å². The summed E-state index contributed by atoms with van der Waals surface area (Å²) in [5.74, 6) is 1.84. The van der Waals surface area contributed by atoms with Gasteiger partial charge in [-0.2, -0.15) is 4.31 Å². The number of carbonyl (C=O) groups excluding carboxylic acids is 1. The summed E-state index contributed by atoms with van der Waals surface area (Å²) in [5, 5.41) is 3.36. The van der Waals surface area contributed by atoms with Crippen LogP contribution in [-0.4, -0.2) is 37.2 Å². The highest BCUT2D eigenvalue weighted by Crippen LogP contribution is 2.44. The Morgan fingerprint density at radius 1 is 1.08 bits per heavy atom. The summed E-state index contributed by atoms with van der Waals surface area (Å²) in [6, 6.07) is 18.8. The molecule has 1 aliphatic carbocycles. The lowest BCUT2D eigenvalue weighted by atomic mass is 10.0. The summed E-state index contributed by atoms with van der Waals surface area (Å²) in [6.07, 6.45) is 4.81. The van der Waals surface area contributed by atoms with Gasteiger partial charge in [-0.1, -0.05) is 38.0 Å². The molecule has 0 saturated heterocycles. The maximum atomic E-state index is 13.1. The second-order valence-electron chi connectivity index (χ2n) is 9.81. The minimum atomic E-state index is -2.74. The van der Waals surface area contributed by atoms with Gasteiger partial charge in [0, 0.05) is 19.2 Å². The molecule has 5 rings (SSSR count). The van der Waals surface area contributed by atoms with Crippen molar-refractivity contribution in [3.8, 4) is 22.8 Å². The fraction of sp³-hybridized carbons (Fsp3) is 0.333. The second kappa shape index (κ2) is 12.0. The third kappa shape index (κ3) is 6.15. The van der Waals surface area contributed by atoms with Gasteiger partial charge < -0.3 is 14.5 Å². The fourth-order valence-electron chi connectivity index (χ4n) is 4.74. The Labute approximate surface area is 230 Å². The molecule has 2 aromatic carbocycles. The summed E-state index contributed by atoms with van der Waals surface area (Å²) in [7, 11) is -1.16. The minimum absolute atomic E-state index is 0.195. The van der Waals surface area contributed by atoms with Crippen LogP contribution in [0.5, 0.6) is 11.5 Å². The zero-order valence-electron chi connectivity index (χ0n) is 22.2. The molecule has 9 heteroatoms. The number of nitrogens with one attached hydrogen (secondary N) is 1. The quantitative estimate of drug-likeness (QED) is 0.166. The maximum absolute atomic E-state index is 13.1. The Bertz CT molecular complexity index is 1520. The van der Waals surface area contributed by atoms with Gasteiger partial charge in [0.15, 0.2) is 0 Å². The van der Waals surface area contributed by atoms with E-state index in [2.05, 4.69) is 12.2 Å². The molecule has 0 spiro atoms. The summed E-state index contributed by atoms with van der Waals surface area (Å²) in [5.41, 5.74) is 3.13. The van der Waals surface area contributed by atoms with Crippen LogP contribution in [0.25, 0.3) is 22.4 Å². The van der Waals surface area contributed by atoms with Crippen LogP contribution in [0.3, 0.4) is 0 Å². The van der Waals surface area contributed by atoms with Crippen molar-refractivity contribution >= 4 is 27.9 Å². The van der Waals surface area contributed by atoms with Crippen molar-refractivity contribution in [3.05, 3.63) is 77.5 Å². The van der Waals surface area contributed by atoms with E-state index in [-0.39, 0.29) is 12.5 Å². The first kappa shape index (κ1) is 26.9. The zero-order chi connectivity index (χ0) is 27.4. The topological polar surface area (TPSA) is 102 Å². The molecule has 0 aliphatic heterocycles. The van der Waals surface area contributed by atoms with Crippen molar-refractivity contribution in [1.82, 2.24) is 14.6 Å². The lowest BCUT2D eigenvalue weighted by molar-refractivity contribution is 0.0964. The van der Waals surface area contributed by atoms with Gasteiger partial charge in [0.2, 0.25) is 16.6 Å². The number of hydrogen-bond donors (Lipinski definition) is 2. The van der Waals surface area contributed by atoms with Crippen LogP contribution in [0.2, 0.25) is 0 Å². The molecule has 1 saturated carbocycles. The molecule has 204 valence electrons. The molecule has 0 radical (unpaired) electrons. The molecule has 4 aromatic rings. The number of thiol groups is 1. The minimum Gasteiger partial charge on any atom is -0.457 e. The molecule has 2 heterocycles. The predicted molar refractivity (Wildman–Crippen MR) is 152 cm³/mol. The highest BCUT2D eigenvalue weighted by molar-refractivity contribution is 7.69.